The Morgan fingerprint density at radius 2 is 2.10 bits per heavy atom. The maximum absolute atomic E-state index is 12.0. The van der Waals surface area contributed by atoms with Gasteiger partial charge in [-0.1, -0.05) is 12.7 Å². The number of hydrogen-bond donors (Lipinski definition) is 1. The monoisotopic (exact) mass is 141 g/mol. The molecule has 0 bridgehead atoms. The van der Waals surface area contributed by atoms with Crippen molar-refractivity contribution in [3.8, 4) is 0 Å². The Labute approximate surface area is 60.9 Å². The van der Waals surface area contributed by atoms with Crippen molar-refractivity contribution in [3.63, 3.8) is 0 Å². The van der Waals surface area contributed by atoms with Gasteiger partial charge in [0.1, 0.15) is 5.83 Å². The summed E-state index contributed by atoms with van der Waals surface area (Å²) in [4.78, 5) is 0. The summed E-state index contributed by atoms with van der Waals surface area (Å²) in [6.45, 7) is 4.96. The largest absolute Gasteiger partial charge is 0.388 e. The minimum atomic E-state index is -0.436. The highest BCUT2D eigenvalue weighted by molar-refractivity contribution is 5.21. The van der Waals surface area contributed by atoms with Crippen LogP contribution in [0.1, 0.15) is 6.92 Å². The third kappa shape index (κ3) is 3.89. The van der Waals surface area contributed by atoms with E-state index in [1.165, 1.54) is 6.08 Å². The number of halogens is 1. The topological polar surface area (TPSA) is 12.0 Å². The molecule has 0 saturated carbocycles. The SMILES string of the molecule is C=C(F)/C=C\C(=C/C)NC. The molecule has 0 rings (SSSR count). The molecule has 0 aromatic heterocycles. The van der Waals surface area contributed by atoms with Gasteiger partial charge in [0.25, 0.3) is 0 Å². The first-order valence-electron chi connectivity index (χ1n) is 3.07. The highest BCUT2D eigenvalue weighted by Crippen LogP contribution is 1.96. The highest BCUT2D eigenvalue weighted by atomic mass is 19.1. The van der Waals surface area contributed by atoms with Gasteiger partial charge in [-0.25, -0.2) is 4.39 Å². The van der Waals surface area contributed by atoms with E-state index in [0.29, 0.717) is 0 Å². The van der Waals surface area contributed by atoms with Crippen LogP contribution in [0.3, 0.4) is 0 Å². The number of rotatable bonds is 3. The van der Waals surface area contributed by atoms with Gasteiger partial charge < -0.3 is 5.32 Å². The average molecular weight is 141 g/mol. The normalized spacial score (nSPS) is 12.1. The van der Waals surface area contributed by atoms with E-state index in [1.54, 1.807) is 13.1 Å². The fraction of sp³-hybridized carbons (Fsp3) is 0.250. The van der Waals surface area contributed by atoms with E-state index in [4.69, 9.17) is 0 Å². The Kier molecular flexibility index (Phi) is 4.29. The van der Waals surface area contributed by atoms with Crippen LogP contribution in [0.5, 0.6) is 0 Å². The molecule has 0 amide bonds. The molecular weight excluding hydrogens is 129 g/mol. The van der Waals surface area contributed by atoms with Crippen molar-refractivity contribution in [3.05, 3.63) is 36.3 Å². The second-order valence-electron chi connectivity index (χ2n) is 1.77. The van der Waals surface area contributed by atoms with Gasteiger partial charge in [0.2, 0.25) is 0 Å². The summed E-state index contributed by atoms with van der Waals surface area (Å²) in [6, 6.07) is 0. The Bertz CT molecular complexity index is 168. The van der Waals surface area contributed by atoms with Gasteiger partial charge >= 0.3 is 0 Å². The van der Waals surface area contributed by atoms with Gasteiger partial charge in [-0.15, -0.1) is 0 Å². The van der Waals surface area contributed by atoms with Crippen LogP contribution in [0.15, 0.2) is 36.3 Å². The maximum atomic E-state index is 12.0. The molecule has 0 aromatic rings. The molecule has 56 valence electrons. The zero-order chi connectivity index (χ0) is 7.98. The van der Waals surface area contributed by atoms with Gasteiger partial charge in [-0.2, -0.15) is 0 Å². The molecule has 0 aromatic carbocycles. The molecule has 0 heterocycles. The molecular formula is C8H12FN. The molecule has 0 radical (unpaired) electrons. The van der Waals surface area contributed by atoms with Crippen LogP contribution in [0.4, 0.5) is 4.39 Å². The molecule has 0 unspecified atom stereocenters. The summed E-state index contributed by atoms with van der Waals surface area (Å²) in [5, 5.41) is 2.87. The molecule has 0 aliphatic carbocycles. The first-order chi connectivity index (χ1) is 4.70. The van der Waals surface area contributed by atoms with Crippen LogP contribution < -0.4 is 5.32 Å². The third-order valence-electron chi connectivity index (χ3n) is 1.04. The van der Waals surface area contributed by atoms with Crippen LogP contribution in [0.25, 0.3) is 0 Å². The Hall–Kier alpha value is -1.05. The van der Waals surface area contributed by atoms with Crippen molar-refractivity contribution in [2.24, 2.45) is 0 Å². The van der Waals surface area contributed by atoms with Crippen molar-refractivity contribution >= 4 is 0 Å². The van der Waals surface area contributed by atoms with E-state index in [-0.39, 0.29) is 0 Å². The smallest absolute Gasteiger partial charge is 0.116 e. The molecule has 0 spiro atoms. The van der Waals surface area contributed by atoms with Crippen molar-refractivity contribution in [1.29, 1.82) is 0 Å². The first kappa shape index (κ1) is 8.95. The van der Waals surface area contributed by atoms with Gasteiger partial charge in [0.15, 0.2) is 0 Å². The van der Waals surface area contributed by atoms with Gasteiger partial charge in [0.05, 0.1) is 0 Å². The summed E-state index contributed by atoms with van der Waals surface area (Å²) in [5.41, 5.74) is 0.874. The van der Waals surface area contributed by atoms with Gasteiger partial charge in [-0.05, 0) is 19.1 Å². The minimum Gasteiger partial charge on any atom is -0.388 e. The molecule has 0 aliphatic rings. The Morgan fingerprint density at radius 3 is 2.40 bits per heavy atom. The van der Waals surface area contributed by atoms with E-state index in [2.05, 4.69) is 11.9 Å². The lowest BCUT2D eigenvalue weighted by Crippen LogP contribution is -2.01. The summed E-state index contributed by atoms with van der Waals surface area (Å²) in [6.07, 6.45) is 4.79. The Balaban J connectivity index is 3.98. The summed E-state index contributed by atoms with van der Waals surface area (Å²) in [7, 11) is 1.78. The average Bonchev–Trinajstić information content (AvgIpc) is 1.90. The summed E-state index contributed by atoms with van der Waals surface area (Å²) in [5.74, 6) is -0.436. The van der Waals surface area contributed by atoms with Crippen molar-refractivity contribution in [2.75, 3.05) is 7.05 Å². The van der Waals surface area contributed by atoms with Gasteiger partial charge in [-0.3, -0.25) is 0 Å². The van der Waals surface area contributed by atoms with Gasteiger partial charge in [0, 0.05) is 12.7 Å². The quantitative estimate of drug-likeness (QED) is 0.594. The highest BCUT2D eigenvalue weighted by Gasteiger charge is 1.83. The van der Waals surface area contributed by atoms with Crippen LogP contribution >= 0.6 is 0 Å². The summed E-state index contributed by atoms with van der Waals surface area (Å²) >= 11 is 0. The standard InChI is InChI=1S/C8H12FN/c1-4-8(10-3)6-5-7(2)9/h4-6,10H,2H2,1,3H3/b6-5-,8-4+. The van der Waals surface area contributed by atoms with Crippen molar-refractivity contribution < 1.29 is 4.39 Å². The van der Waals surface area contributed by atoms with Crippen LogP contribution in [0, 0.1) is 0 Å². The lowest BCUT2D eigenvalue weighted by Gasteiger charge is -1.96. The molecule has 0 aliphatic heterocycles. The predicted molar refractivity (Wildman–Crippen MR) is 42.2 cm³/mol. The van der Waals surface area contributed by atoms with E-state index >= 15 is 0 Å². The molecule has 1 nitrogen and oxygen atoms in total. The number of hydrogen-bond acceptors (Lipinski definition) is 1. The second-order valence-corrected chi connectivity index (χ2v) is 1.77. The van der Waals surface area contributed by atoms with Crippen LogP contribution in [-0.2, 0) is 0 Å². The molecule has 0 saturated heterocycles. The fourth-order valence-corrected chi connectivity index (χ4v) is 0.504. The van der Waals surface area contributed by atoms with Crippen LogP contribution in [-0.4, -0.2) is 7.05 Å². The lowest BCUT2D eigenvalue weighted by molar-refractivity contribution is 0.671. The van der Waals surface area contributed by atoms with Crippen molar-refractivity contribution in [2.45, 2.75) is 6.92 Å². The van der Waals surface area contributed by atoms with E-state index < -0.39 is 5.83 Å². The first-order valence-corrected chi connectivity index (χ1v) is 3.07. The maximum Gasteiger partial charge on any atom is 0.116 e. The van der Waals surface area contributed by atoms with E-state index in [1.807, 2.05) is 13.0 Å². The number of allylic oxidation sites excluding steroid dienone is 4. The lowest BCUT2D eigenvalue weighted by atomic mass is 10.3. The zero-order valence-corrected chi connectivity index (χ0v) is 6.32. The second kappa shape index (κ2) is 4.79. The third-order valence-corrected chi connectivity index (χ3v) is 1.04. The predicted octanol–water partition coefficient (Wildman–Crippen LogP) is 2.15. The molecule has 1 N–H and O–H groups in total. The van der Waals surface area contributed by atoms with Crippen molar-refractivity contribution in [1.82, 2.24) is 5.32 Å². The van der Waals surface area contributed by atoms with Crippen LogP contribution in [0.2, 0.25) is 0 Å². The van der Waals surface area contributed by atoms with E-state index in [9.17, 15) is 4.39 Å². The molecule has 0 atom stereocenters. The Morgan fingerprint density at radius 1 is 1.50 bits per heavy atom. The fourth-order valence-electron chi connectivity index (χ4n) is 0.504. The minimum absolute atomic E-state index is 0.436. The number of nitrogens with one attached hydrogen (secondary N) is 1. The summed E-state index contributed by atoms with van der Waals surface area (Å²) < 4.78 is 12.0. The molecule has 0 fully saturated rings. The van der Waals surface area contributed by atoms with E-state index in [0.717, 1.165) is 5.70 Å². The molecule has 10 heavy (non-hydrogen) atoms. The molecule has 2 heteroatoms. The number of likely N-dealkylation sites (N-methyl/N-ethyl adjacent to an activating group) is 1. The zero-order valence-electron chi connectivity index (χ0n) is 6.32.